The molecule has 2 rings (SSSR count). The molecule has 0 unspecified atom stereocenters. The Morgan fingerprint density at radius 3 is 2.59 bits per heavy atom. The third kappa shape index (κ3) is 3.03. The number of halogens is 2. The highest BCUT2D eigenvalue weighted by molar-refractivity contribution is 5.45. The second-order valence-electron chi connectivity index (χ2n) is 3.96. The monoisotopic (exact) mass is 233 g/mol. The Kier molecular flexibility index (Phi) is 3.38. The first kappa shape index (κ1) is 11.6. The third-order valence-electron chi connectivity index (χ3n) is 2.52. The van der Waals surface area contributed by atoms with Gasteiger partial charge in [-0.1, -0.05) is 18.2 Å². The van der Waals surface area contributed by atoms with Gasteiger partial charge in [-0.25, -0.2) is 8.78 Å². The van der Waals surface area contributed by atoms with Gasteiger partial charge >= 0.3 is 0 Å². The van der Waals surface area contributed by atoms with Crippen molar-refractivity contribution in [3.63, 3.8) is 0 Å². The van der Waals surface area contributed by atoms with E-state index in [9.17, 15) is 8.78 Å². The van der Waals surface area contributed by atoms with Gasteiger partial charge in [0.15, 0.2) is 0 Å². The van der Waals surface area contributed by atoms with Gasteiger partial charge in [0.1, 0.15) is 11.6 Å². The minimum atomic E-state index is -0.554. The molecule has 0 heterocycles. The minimum absolute atomic E-state index is 0.343. The largest absolute Gasteiger partial charge is 0.381 e. The lowest BCUT2D eigenvalue weighted by Gasteiger charge is -2.08. The van der Waals surface area contributed by atoms with Crippen molar-refractivity contribution in [1.29, 1.82) is 0 Å². The first-order valence-electron chi connectivity index (χ1n) is 5.39. The van der Waals surface area contributed by atoms with Crippen LogP contribution in [0, 0.1) is 18.6 Å². The average molecular weight is 233 g/mol. The molecule has 0 aliphatic rings. The molecule has 0 fully saturated rings. The van der Waals surface area contributed by atoms with Crippen molar-refractivity contribution in [3.05, 3.63) is 65.2 Å². The number of rotatable bonds is 3. The average Bonchev–Trinajstić information content (AvgIpc) is 2.28. The molecule has 2 aromatic rings. The van der Waals surface area contributed by atoms with Crippen molar-refractivity contribution in [3.8, 4) is 0 Å². The zero-order valence-electron chi connectivity index (χ0n) is 9.50. The van der Waals surface area contributed by atoms with E-state index in [1.165, 1.54) is 12.1 Å². The predicted octanol–water partition coefficient (Wildman–Crippen LogP) is 3.89. The van der Waals surface area contributed by atoms with E-state index in [2.05, 4.69) is 5.32 Å². The van der Waals surface area contributed by atoms with E-state index in [1.807, 2.05) is 31.2 Å². The predicted molar refractivity (Wildman–Crippen MR) is 64.9 cm³/mol. The number of hydrogen-bond donors (Lipinski definition) is 1. The van der Waals surface area contributed by atoms with E-state index in [1.54, 1.807) is 0 Å². The smallest absolute Gasteiger partial charge is 0.131 e. The van der Waals surface area contributed by atoms with Gasteiger partial charge < -0.3 is 5.32 Å². The molecule has 0 aromatic heterocycles. The highest BCUT2D eigenvalue weighted by Crippen LogP contribution is 2.14. The first-order valence-corrected chi connectivity index (χ1v) is 5.39. The highest BCUT2D eigenvalue weighted by atomic mass is 19.1. The van der Waals surface area contributed by atoms with Crippen LogP contribution in [0.25, 0.3) is 0 Å². The summed E-state index contributed by atoms with van der Waals surface area (Å²) in [5.41, 5.74) is 2.51. The second kappa shape index (κ2) is 4.95. The summed E-state index contributed by atoms with van der Waals surface area (Å²) in [5.74, 6) is -1.08. The maximum atomic E-state index is 13.4. The zero-order chi connectivity index (χ0) is 12.3. The molecule has 2 aromatic carbocycles. The maximum Gasteiger partial charge on any atom is 0.131 e. The van der Waals surface area contributed by atoms with Crippen LogP contribution < -0.4 is 5.32 Å². The minimum Gasteiger partial charge on any atom is -0.381 e. The second-order valence-corrected chi connectivity index (χ2v) is 3.96. The third-order valence-corrected chi connectivity index (χ3v) is 2.52. The molecule has 0 bridgehead atoms. The van der Waals surface area contributed by atoms with Gasteiger partial charge in [-0.2, -0.15) is 0 Å². The molecular weight excluding hydrogens is 220 g/mol. The van der Waals surface area contributed by atoms with Crippen molar-refractivity contribution in [2.75, 3.05) is 5.32 Å². The summed E-state index contributed by atoms with van der Waals surface area (Å²) >= 11 is 0. The summed E-state index contributed by atoms with van der Waals surface area (Å²) in [4.78, 5) is 0. The summed E-state index contributed by atoms with van der Waals surface area (Å²) in [6.07, 6.45) is 0. The number of benzene rings is 2. The molecule has 0 saturated carbocycles. The van der Waals surface area contributed by atoms with Crippen LogP contribution in [0.15, 0.2) is 42.5 Å². The molecule has 17 heavy (non-hydrogen) atoms. The maximum absolute atomic E-state index is 13.4. The van der Waals surface area contributed by atoms with Crippen LogP contribution in [0.2, 0.25) is 0 Å². The van der Waals surface area contributed by atoms with Crippen molar-refractivity contribution in [2.24, 2.45) is 0 Å². The van der Waals surface area contributed by atoms with Crippen LogP contribution >= 0.6 is 0 Å². The van der Waals surface area contributed by atoms with Gasteiger partial charge in [0.2, 0.25) is 0 Å². The zero-order valence-corrected chi connectivity index (χ0v) is 9.50. The fourth-order valence-electron chi connectivity index (χ4n) is 1.62. The highest BCUT2D eigenvalue weighted by Gasteiger charge is 2.03. The molecule has 1 N–H and O–H groups in total. The number of hydrogen-bond acceptors (Lipinski definition) is 1. The van der Waals surface area contributed by atoms with Crippen LogP contribution in [-0.2, 0) is 6.54 Å². The van der Waals surface area contributed by atoms with Gasteiger partial charge in [-0.15, -0.1) is 0 Å². The summed E-state index contributed by atoms with van der Waals surface area (Å²) in [5, 5.41) is 3.10. The molecule has 0 aliphatic heterocycles. The van der Waals surface area contributed by atoms with Crippen LogP contribution in [0.3, 0.4) is 0 Å². The molecule has 0 radical (unpaired) electrons. The quantitative estimate of drug-likeness (QED) is 0.848. The molecule has 0 saturated heterocycles. The lowest BCUT2D eigenvalue weighted by atomic mass is 10.2. The van der Waals surface area contributed by atoms with E-state index in [-0.39, 0.29) is 0 Å². The fourth-order valence-corrected chi connectivity index (χ4v) is 1.62. The molecule has 0 aliphatic carbocycles. The molecular formula is C14H13F2N. The fraction of sp³-hybridized carbons (Fsp3) is 0.143. The Morgan fingerprint density at radius 1 is 1.06 bits per heavy atom. The molecule has 1 nitrogen and oxygen atoms in total. The van der Waals surface area contributed by atoms with E-state index in [0.29, 0.717) is 12.1 Å². The Bertz CT molecular complexity index is 523. The summed E-state index contributed by atoms with van der Waals surface area (Å²) < 4.78 is 26.1. The topological polar surface area (TPSA) is 12.0 Å². The van der Waals surface area contributed by atoms with Crippen molar-refractivity contribution < 1.29 is 8.78 Å². The van der Waals surface area contributed by atoms with Gasteiger partial charge in [0.05, 0.1) is 0 Å². The lowest BCUT2D eigenvalue weighted by molar-refractivity contribution is 0.574. The molecule has 88 valence electrons. The Balaban J connectivity index is 2.07. The Hall–Kier alpha value is -1.90. The van der Waals surface area contributed by atoms with Gasteiger partial charge in [-0.05, 0) is 30.7 Å². The number of aryl methyl sites for hydroxylation is 1. The summed E-state index contributed by atoms with van der Waals surface area (Å²) in [6.45, 7) is 2.33. The van der Waals surface area contributed by atoms with Gasteiger partial charge in [0.25, 0.3) is 0 Å². The summed E-state index contributed by atoms with van der Waals surface area (Å²) in [7, 11) is 0. The number of nitrogens with one attached hydrogen (secondary N) is 1. The number of anilines is 1. The van der Waals surface area contributed by atoms with E-state index in [0.717, 1.165) is 17.3 Å². The Morgan fingerprint density at radius 2 is 1.88 bits per heavy atom. The normalized spacial score (nSPS) is 10.3. The summed E-state index contributed by atoms with van der Waals surface area (Å²) in [6, 6.07) is 11.4. The van der Waals surface area contributed by atoms with E-state index >= 15 is 0 Å². The van der Waals surface area contributed by atoms with Crippen LogP contribution in [0.4, 0.5) is 14.5 Å². The van der Waals surface area contributed by atoms with Crippen molar-refractivity contribution >= 4 is 5.69 Å². The van der Waals surface area contributed by atoms with Gasteiger partial charge in [0, 0.05) is 23.9 Å². The van der Waals surface area contributed by atoms with Crippen molar-refractivity contribution in [2.45, 2.75) is 13.5 Å². The molecule has 0 spiro atoms. The molecule has 0 atom stereocenters. The van der Waals surface area contributed by atoms with E-state index in [4.69, 9.17) is 0 Å². The Labute approximate surface area is 99.1 Å². The first-order chi connectivity index (χ1) is 8.15. The van der Waals surface area contributed by atoms with Gasteiger partial charge in [-0.3, -0.25) is 0 Å². The molecule has 3 heteroatoms. The SMILES string of the molecule is Cc1cccc(NCc2ccc(F)cc2F)c1. The van der Waals surface area contributed by atoms with Crippen LogP contribution in [-0.4, -0.2) is 0 Å². The van der Waals surface area contributed by atoms with Crippen LogP contribution in [0.1, 0.15) is 11.1 Å². The van der Waals surface area contributed by atoms with E-state index < -0.39 is 11.6 Å². The van der Waals surface area contributed by atoms with Crippen molar-refractivity contribution in [1.82, 2.24) is 0 Å². The standard InChI is InChI=1S/C14H13F2N/c1-10-3-2-4-13(7-10)17-9-11-5-6-12(15)8-14(11)16/h2-8,17H,9H2,1H3. The lowest BCUT2D eigenvalue weighted by Crippen LogP contribution is -2.02. The molecule has 0 amide bonds. The van der Waals surface area contributed by atoms with Crippen LogP contribution in [0.5, 0.6) is 0 Å².